The second-order valence-electron chi connectivity index (χ2n) is 11.0. The van der Waals surface area contributed by atoms with Gasteiger partial charge >= 0.3 is 0 Å². The Bertz CT molecular complexity index is 1770. The molecule has 2 aliphatic heterocycles. The smallest absolute Gasteiger partial charge is 0.280 e. The molecule has 4 aromatic heterocycles. The van der Waals surface area contributed by atoms with Gasteiger partial charge < -0.3 is 41.4 Å². The summed E-state index contributed by atoms with van der Waals surface area (Å²) < 4.78 is 14.6. The summed E-state index contributed by atoms with van der Waals surface area (Å²) in [6.45, 7) is 3.11. The van der Waals surface area contributed by atoms with Gasteiger partial charge in [-0.25, -0.2) is 9.97 Å². The van der Waals surface area contributed by atoms with Crippen LogP contribution in [0.2, 0.25) is 0 Å². The van der Waals surface area contributed by atoms with Crippen molar-refractivity contribution in [3.05, 3.63) is 33.4 Å². The second-order valence-corrected chi connectivity index (χ2v) is 11.0. The fraction of sp³-hybridized carbons (Fsp3) is 0.565. The molecule has 20 heteroatoms. The molecule has 2 saturated heterocycles. The van der Waals surface area contributed by atoms with Gasteiger partial charge in [0.1, 0.15) is 30.5 Å². The van der Waals surface area contributed by atoms with E-state index in [-0.39, 0.29) is 40.8 Å². The fourth-order valence-corrected chi connectivity index (χ4v) is 5.52. The van der Waals surface area contributed by atoms with E-state index >= 15 is 0 Å². The van der Waals surface area contributed by atoms with Gasteiger partial charge in [0.25, 0.3) is 11.1 Å². The molecule has 43 heavy (non-hydrogen) atoms. The lowest BCUT2D eigenvalue weighted by Crippen LogP contribution is -2.62. The predicted octanol–water partition coefficient (Wildman–Crippen LogP) is -4.43. The molecule has 2 fully saturated rings. The molecule has 0 radical (unpaired) electrons. The molecule has 12 N–H and O–H groups in total. The zero-order valence-electron chi connectivity index (χ0n) is 22.9. The Kier molecular flexibility index (Phi) is 7.17. The van der Waals surface area contributed by atoms with Crippen LogP contribution in [0.3, 0.4) is 0 Å². The Hall–Kier alpha value is -4.02. The Morgan fingerprint density at radius 1 is 0.884 bits per heavy atom. The lowest BCUT2D eigenvalue weighted by Gasteiger charge is -2.35. The summed E-state index contributed by atoms with van der Waals surface area (Å²) in [5, 5.41) is 49.2. The van der Waals surface area contributed by atoms with Gasteiger partial charge in [-0.1, -0.05) is 0 Å². The number of ether oxygens (including phenoxy) is 2. The summed E-state index contributed by atoms with van der Waals surface area (Å²) in [5.74, 6) is -0.278. The van der Waals surface area contributed by atoms with Crippen molar-refractivity contribution in [1.82, 2.24) is 49.7 Å². The van der Waals surface area contributed by atoms with E-state index in [0.717, 1.165) is 0 Å². The molecular formula is C23H32N12O8. The van der Waals surface area contributed by atoms with E-state index in [1.807, 2.05) is 0 Å². The molecule has 0 aromatic carbocycles. The summed E-state index contributed by atoms with van der Waals surface area (Å²) in [7, 11) is 0. The van der Waals surface area contributed by atoms with Crippen LogP contribution < -0.4 is 33.2 Å². The number of imidazole rings is 2. The van der Waals surface area contributed by atoms with Gasteiger partial charge in [-0.05, 0) is 13.8 Å². The standard InChI is InChI=1S/C23H32N12O8/c1-23(2,28-3-7-12(37)14(39)20(42-7)35-6-27-11-16(35)30-22(25)32-18(11)41)33-9-8(4-36)43-19(13(9)38)34-5-26-10-15(34)29-21(24)31-17(10)40/h5-9,12-14,19-20,28,33,36-39H,3-4H2,1-2H3,(H3,24,29,31,40)(H3,25,30,32,41)/t7-,8-,9?,12-,13-,14-,19-,20-/m1/s1. The third kappa shape index (κ3) is 5.02. The lowest BCUT2D eigenvalue weighted by atomic mass is 10.0. The number of nitrogens with zero attached hydrogens (tertiary/aromatic N) is 6. The SMILES string of the molecule is CC(C)(NC[C@H]1O[C@@H](n2cnc3c(=O)[nH]c(N)nc32)[C@H](O)[C@@H]1O)NC1[C@@H](O)[C@H](n2cnc3c(=O)[nH]c(N)nc32)O[C@@H]1CO. The third-order valence-corrected chi connectivity index (χ3v) is 7.61. The minimum absolute atomic E-state index is 0.00443. The van der Waals surface area contributed by atoms with Crippen LogP contribution >= 0.6 is 0 Å². The molecule has 0 amide bonds. The van der Waals surface area contributed by atoms with Crippen molar-refractivity contribution in [3.8, 4) is 0 Å². The molecule has 0 saturated carbocycles. The summed E-state index contributed by atoms with van der Waals surface area (Å²) in [6, 6.07) is -0.811. The maximum atomic E-state index is 12.2. The van der Waals surface area contributed by atoms with Gasteiger partial charge in [-0.3, -0.25) is 39.3 Å². The van der Waals surface area contributed by atoms with Crippen molar-refractivity contribution >= 4 is 34.2 Å². The number of hydrogen-bond acceptors (Lipinski definition) is 16. The third-order valence-electron chi connectivity index (χ3n) is 7.61. The van der Waals surface area contributed by atoms with Gasteiger partial charge in [0.15, 0.2) is 34.8 Å². The number of aliphatic hydroxyl groups is 4. The van der Waals surface area contributed by atoms with E-state index in [1.165, 1.54) is 21.8 Å². The van der Waals surface area contributed by atoms with Crippen LogP contribution in [0.15, 0.2) is 22.2 Å². The maximum absolute atomic E-state index is 12.2. The zero-order chi connectivity index (χ0) is 30.8. The summed E-state index contributed by atoms with van der Waals surface area (Å²) in [6.07, 6.45) is -5.30. The first-order valence-corrected chi connectivity index (χ1v) is 13.3. The Balaban J connectivity index is 1.15. The number of aliphatic hydroxyl groups excluding tert-OH is 4. The first-order valence-electron chi connectivity index (χ1n) is 13.3. The van der Waals surface area contributed by atoms with E-state index in [0.29, 0.717) is 0 Å². The number of nitrogens with two attached hydrogens (primary N) is 2. The number of H-pyrrole nitrogens is 2. The molecule has 0 spiro atoms. The van der Waals surface area contributed by atoms with Crippen LogP contribution in [0.1, 0.15) is 26.3 Å². The largest absolute Gasteiger partial charge is 0.394 e. The van der Waals surface area contributed by atoms with Crippen molar-refractivity contribution < 1.29 is 29.9 Å². The van der Waals surface area contributed by atoms with Gasteiger partial charge in [-0.15, -0.1) is 0 Å². The predicted molar refractivity (Wildman–Crippen MR) is 147 cm³/mol. The van der Waals surface area contributed by atoms with E-state index in [1.54, 1.807) is 13.8 Å². The average Bonchev–Trinajstić information content (AvgIpc) is 3.69. The zero-order valence-corrected chi connectivity index (χ0v) is 22.9. The number of hydrogen-bond donors (Lipinski definition) is 10. The second kappa shape index (κ2) is 10.6. The summed E-state index contributed by atoms with van der Waals surface area (Å²) >= 11 is 0. The molecule has 6 rings (SSSR count). The summed E-state index contributed by atoms with van der Waals surface area (Å²) in [5.41, 5.74) is 9.49. The Morgan fingerprint density at radius 2 is 1.40 bits per heavy atom. The average molecular weight is 605 g/mol. The topological polar surface area (TPSA) is 303 Å². The highest BCUT2D eigenvalue weighted by molar-refractivity contribution is 5.71. The molecule has 6 heterocycles. The van der Waals surface area contributed by atoms with Crippen LogP contribution in [-0.2, 0) is 9.47 Å². The van der Waals surface area contributed by atoms with Crippen LogP contribution in [0.25, 0.3) is 22.3 Å². The number of aromatic amines is 2. The van der Waals surface area contributed by atoms with Crippen LogP contribution in [0, 0.1) is 0 Å². The van der Waals surface area contributed by atoms with Gasteiger partial charge in [0.05, 0.1) is 31.0 Å². The number of rotatable bonds is 8. The highest BCUT2D eigenvalue weighted by atomic mass is 16.6. The minimum atomic E-state index is -1.38. The van der Waals surface area contributed by atoms with Crippen molar-refractivity contribution in [3.63, 3.8) is 0 Å². The van der Waals surface area contributed by atoms with Crippen molar-refractivity contribution in [2.45, 2.75) is 68.5 Å². The first-order chi connectivity index (χ1) is 20.4. The molecule has 232 valence electrons. The van der Waals surface area contributed by atoms with Crippen LogP contribution in [0.4, 0.5) is 11.9 Å². The summed E-state index contributed by atoms with van der Waals surface area (Å²) in [4.78, 5) is 45.3. The Morgan fingerprint density at radius 3 is 1.93 bits per heavy atom. The van der Waals surface area contributed by atoms with Crippen molar-refractivity contribution in [2.75, 3.05) is 24.6 Å². The molecular weight excluding hydrogens is 572 g/mol. The molecule has 8 atom stereocenters. The van der Waals surface area contributed by atoms with Crippen LogP contribution in [-0.4, -0.2) is 115 Å². The highest BCUT2D eigenvalue weighted by Gasteiger charge is 2.48. The minimum Gasteiger partial charge on any atom is -0.394 e. The molecule has 0 aliphatic carbocycles. The molecule has 1 unspecified atom stereocenters. The molecule has 0 bridgehead atoms. The van der Waals surface area contributed by atoms with E-state index in [9.17, 15) is 30.0 Å². The highest BCUT2D eigenvalue weighted by Crippen LogP contribution is 2.33. The van der Waals surface area contributed by atoms with E-state index in [2.05, 4.69) is 40.5 Å². The number of nitrogens with one attached hydrogen (secondary N) is 4. The number of nitrogen functional groups attached to an aromatic ring is 2. The monoisotopic (exact) mass is 604 g/mol. The van der Waals surface area contributed by atoms with Gasteiger partial charge in [-0.2, -0.15) is 9.97 Å². The number of anilines is 2. The number of fused-ring (bicyclic) bond motifs is 2. The van der Waals surface area contributed by atoms with Crippen LogP contribution in [0.5, 0.6) is 0 Å². The maximum Gasteiger partial charge on any atom is 0.280 e. The lowest BCUT2D eigenvalue weighted by molar-refractivity contribution is -0.0491. The molecule has 2 aliphatic rings. The first kappa shape index (κ1) is 29.1. The van der Waals surface area contributed by atoms with E-state index < -0.39 is 72.4 Å². The number of aromatic nitrogens is 8. The Labute approximate surface area is 240 Å². The normalized spacial score (nSPS) is 29.7. The molecule has 4 aromatic rings. The van der Waals surface area contributed by atoms with Gasteiger partial charge in [0, 0.05) is 6.54 Å². The van der Waals surface area contributed by atoms with Crippen molar-refractivity contribution in [2.24, 2.45) is 0 Å². The van der Waals surface area contributed by atoms with Crippen molar-refractivity contribution in [1.29, 1.82) is 0 Å². The van der Waals surface area contributed by atoms with Gasteiger partial charge in [0.2, 0.25) is 11.9 Å². The molecule has 20 nitrogen and oxygen atoms in total. The van der Waals surface area contributed by atoms with E-state index in [4.69, 9.17) is 20.9 Å². The fourth-order valence-electron chi connectivity index (χ4n) is 5.52. The quantitative estimate of drug-likeness (QED) is 0.0848.